The smallest absolute Gasteiger partial charge is 0.257 e. The first-order valence-electron chi connectivity index (χ1n) is 7.37. The molecule has 3 aliphatic rings. The fraction of sp³-hybridized carbons (Fsp3) is 0.400. The Bertz CT molecular complexity index is 728. The second-order valence-electron chi connectivity index (χ2n) is 5.56. The number of amidine groups is 1. The van der Waals surface area contributed by atoms with Crippen molar-refractivity contribution in [1.82, 2.24) is 5.32 Å². The van der Waals surface area contributed by atoms with E-state index in [0.717, 1.165) is 5.69 Å². The highest BCUT2D eigenvalue weighted by Crippen LogP contribution is 2.35. The van der Waals surface area contributed by atoms with Gasteiger partial charge in [0.05, 0.1) is 35.1 Å². The summed E-state index contributed by atoms with van der Waals surface area (Å²) in [7, 11) is 0. The minimum Gasteiger partial charge on any atom is -0.393 e. The molecule has 120 valence electrons. The molecule has 0 radical (unpaired) electrons. The molecule has 1 unspecified atom stereocenters. The van der Waals surface area contributed by atoms with Gasteiger partial charge in [-0.1, -0.05) is 16.8 Å². The SMILES string of the molecule is O=C1NC2=NOCC2C(=O)c2c1ccc(N1CCOCC1)c2Cl. The van der Waals surface area contributed by atoms with E-state index in [1.165, 1.54) is 0 Å². The predicted molar refractivity (Wildman–Crippen MR) is 83.2 cm³/mol. The lowest BCUT2D eigenvalue weighted by molar-refractivity contribution is 0.0881. The van der Waals surface area contributed by atoms with Gasteiger partial charge in [-0.3, -0.25) is 9.59 Å². The van der Waals surface area contributed by atoms with Gasteiger partial charge >= 0.3 is 0 Å². The molecule has 0 aromatic heterocycles. The zero-order valence-electron chi connectivity index (χ0n) is 12.2. The molecule has 1 atom stereocenters. The van der Waals surface area contributed by atoms with Gasteiger partial charge in [-0.2, -0.15) is 0 Å². The lowest BCUT2D eigenvalue weighted by Crippen LogP contribution is -2.36. The normalized spacial score (nSPS) is 23.4. The molecule has 3 aliphatic heterocycles. The van der Waals surface area contributed by atoms with E-state index in [2.05, 4.69) is 15.4 Å². The number of Topliss-reactive ketones (excluding diaryl/α,β-unsaturated/α-hetero) is 1. The van der Waals surface area contributed by atoms with Crippen LogP contribution < -0.4 is 10.2 Å². The van der Waals surface area contributed by atoms with Crippen LogP contribution in [0.1, 0.15) is 20.7 Å². The van der Waals surface area contributed by atoms with Gasteiger partial charge in [0.2, 0.25) is 0 Å². The third kappa shape index (κ3) is 2.27. The van der Waals surface area contributed by atoms with Crippen molar-refractivity contribution in [2.45, 2.75) is 0 Å². The standard InChI is InChI=1S/C15H14ClN3O4/c16-12-10(19-3-5-22-6-4-19)2-1-8-11(12)13(20)9-7-23-18-14(9)17-15(8)21/h1-2,9H,3-7H2,(H,17,18,21). The van der Waals surface area contributed by atoms with Crippen LogP contribution in [0.4, 0.5) is 5.69 Å². The summed E-state index contributed by atoms with van der Waals surface area (Å²) in [6.07, 6.45) is 0. The molecule has 3 heterocycles. The number of ketones is 1. The molecule has 0 aliphatic carbocycles. The largest absolute Gasteiger partial charge is 0.393 e. The van der Waals surface area contributed by atoms with Gasteiger partial charge < -0.3 is 19.8 Å². The fourth-order valence-electron chi connectivity index (χ4n) is 3.04. The van der Waals surface area contributed by atoms with Gasteiger partial charge in [0.15, 0.2) is 11.6 Å². The number of morpholine rings is 1. The maximum atomic E-state index is 12.8. The van der Waals surface area contributed by atoms with Crippen LogP contribution in [-0.2, 0) is 9.57 Å². The third-order valence-corrected chi connectivity index (χ3v) is 4.64. The topological polar surface area (TPSA) is 80.2 Å². The molecule has 0 bridgehead atoms. The molecule has 4 rings (SSSR count). The van der Waals surface area contributed by atoms with Gasteiger partial charge in [0.1, 0.15) is 12.5 Å². The van der Waals surface area contributed by atoms with E-state index in [4.69, 9.17) is 21.2 Å². The molecule has 1 aromatic carbocycles. The van der Waals surface area contributed by atoms with Crippen molar-refractivity contribution in [3.05, 3.63) is 28.3 Å². The Labute approximate surface area is 137 Å². The van der Waals surface area contributed by atoms with E-state index in [1.807, 2.05) is 0 Å². The van der Waals surface area contributed by atoms with Gasteiger partial charge in [-0.05, 0) is 12.1 Å². The number of carbonyl (C=O) groups excluding carboxylic acids is 2. The van der Waals surface area contributed by atoms with E-state index in [1.54, 1.807) is 12.1 Å². The van der Waals surface area contributed by atoms with Crippen molar-refractivity contribution in [2.75, 3.05) is 37.8 Å². The lowest BCUT2D eigenvalue weighted by atomic mass is 9.94. The molecule has 23 heavy (non-hydrogen) atoms. The van der Waals surface area contributed by atoms with Crippen molar-refractivity contribution in [3.63, 3.8) is 0 Å². The van der Waals surface area contributed by atoms with E-state index in [0.29, 0.717) is 31.3 Å². The number of nitrogens with one attached hydrogen (secondary N) is 1. The van der Waals surface area contributed by atoms with Crippen LogP contribution in [0, 0.1) is 5.92 Å². The fourth-order valence-corrected chi connectivity index (χ4v) is 3.41. The summed E-state index contributed by atoms with van der Waals surface area (Å²) < 4.78 is 5.34. The Morgan fingerprint density at radius 3 is 2.83 bits per heavy atom. The summed E-state index contributed by atoms with van der Waals surface area (Å²) in [5, 5.41) is 6.67. The molecule has 8 heteroatoms. The molecule has 1 amide bonds. The summed E-state index contributed by atoms with van der Waals surface area (Å²) >= 11 is 6.52. The van der Waals surface area contributed by atoms with Gasteiger partial charge in [0.25, 0.3) is 5.91 Å². The molecule has 1 aromatic rings. The van der Waals surface area contributed by atoms with E-state index < -0.39 is 11.8 Å². The summed E-state index contributed by atoms with van der Waals surface area (Å²) in [4.78, 5) is 32.2. The first kappa shape index (κ1) is 14.5. The Hall–Kier alpha value is -2.12. The van der Waals surface area contributed by atoms with Crippen LogP contribution in [0.15, 0.2) is 17.3 Å². The zero-order valence-corrected chi connectivity index (χ0v) is 12.9. The van der Waals surface area contributed by atoms with E-state index >= 15 is 0 Å². The molecular weight excluding hydrogens is 322 g/mol. The molecule has 7 nitrogen and oxygen atoms in total. The zero-order chi connectivity index (χ0) is 16.0. The number of hydrogen-bond acceptors (Lipinski definition) is 6. The number of rotatable bonds is 1. The highest BCUT2D eigenvalue weighted by atomic mass is 35.5. The van der Waals surface area contributed by atoms with Crippen molar-refractivity contribution in [1.29, 1.82) is 0 Å². The van der Waals surface area contributed by atoms with E-state index in [9.17, 15) is 9.59 Å². The Morgan fingerprint density at radius 2 is 2.04 bits per heavy atom. The van der Waals surface area contributed by atoms with E-state index in [-0.39, 0.29) is 29.4 Å². The van der Waals surface area contributed by atoms with Crippen LogP contribution >= 0.6 is 11.6 Å². The van der Waals surface area contributed by atoms with Gasteiger partial charge in [-0.25, -0.2) is 0 Å². The molecular formula is C15H14ClN3O4. The predicted octanol–water partition coefficient (Wildman–Crippen LogP) is 1.06. The highest BCUT2D eigenvalue weighted by Gasteiger charge is 2.39. The van der Waals surface area contributed by atoms with Crippen LogP contribution in [0.3, 0.4) is 0 Å². The van der Waals surface area contributed by atoms with Crippen molar-refractivity contribution >= 4 is 34.8 Å². The monoisotopic (exact) mass is 335 g/mol. The van der Waals surface area contributed by atoms with Crippen LogP contribution in [0.5, 0.6) is 0 Å². The average molecular weight is 336 g/mol. The highest BCUT2D eigenvalue weighted by molar-refractivity contribution is 6.39. The number of carbonyl (C=O) groups is 2. The number of benzene rings is 1. The van der Waals surface area contributed by atoms with Crippen molar-refractivity contribution in [3.8, 4) is 0 Å². The van der Waals surface area contributed by atoms with Crippen molar-refractivity contribution < 1.29 is 19.2 Å². The minimum atomic E-state index is -0.613. The number of oxime groups is 1. The quantitative estimate of drug-likeness (QED) is 0.830. The van der Waals surface area contributed by atoms with Crippen LogP contribution in [-0.4, -0.2) is 50.4 Å². The maximum Gasteiger partial charge on any atom is 0.257 e. The van der Waals surface area contributed by atoms with Crippen LogP contribution in [0.25, 0.3) is 0 Å². The van der Waals surface area contributed by atoms with Gasteiger partial charge in [0, 0.05) is 13.1 Å². The van der Waals surface area contributed by atoms with Crippen molar-refractivity contribution in [2.24, 2.45) is 11.1 Å². The second kappa shape index (κ2) is 5.50. The summed E-state index contributed by atoms with van der Waals surface area (Å²) in [5.74, 6) is -0.997. The molecule has 1 fully saturated rings. The number of amides is 1. The lowest BCUT2D eigenvalue weighted by Gasteiger charge is -2.30. The number of anilines is 1. The Morgan fingerprint density at radius 1 is 1.26 bits per heavy atom. The number of halogens is 1. The summed E-state index contributed by atoms with van der Waals surface area (Å²) in [6, 6.07) is 3.42. The van der Waals surface area contributed by atoms with Gasteiger partial charge in [-0.15, -0.1) is 0 Å². The maximum absolute atomic E-state index is 12.8. The van der Waals surface area contributed by atoms with Crippen LogP contribution in [0.2, 0.25) is 5.02 Å². The number of nitrogens with zero attached hydrogens (tertiary/aromatic N) is 2. The second-order valence-corrected chi connectivity index (χ2v) is 5.94. The Balaban J connectivity index is 1.82. The number of fused-ring (bicyclic) bond motifs is 2. The molecule has 1 N–H and O–H groups in total. The summed E-state index contributed by atoms with van der Waals surface area (Å²) in [6.45, 7) is 2.71. The average Bonchev–Trinajstić information content (AvgIpc) is 2.99. The molecule has 1 saturated heterocycles. The summed E-state index contributed by atoms with van der Waals surface area (Å²) in [5.41, 5.74) is 1.26. The Kier molecular flexibility index (Phi) is 3.46. The number of hydrogen-bond donors (Lipinski definition) is 1. The number of ether oxygens (including phenoxy) is 1. The minimum absolute atomic E-state index is 0.117. The molecule has 0 saturated carbocycles. The third-order valence-electron chi connectivity index (χ3n) is 4.26. The molecule has 0 spiro atoms. The first-order chi connectivity index (χ1) is 11.2. The first-order valence-corrected chi connectivity index (χ1v) is 7.75.